The number of halogens is 4. The van der Waals surface area contributed by atoms with Crippen LogP contribution in [0.2, 0.25) is 0 Å². The van der Waals surface area contributed by atoms with Crippen molar-refractivity contribution >= 4 is 21.7 Å². The van der Waals surface area contributed by atoms with Gasteiger partial charge in [0.25, 0.3) is 0 Å². The Morgan fingerprint density at radius 1 is 1.31 bits per heavy atom. The van der Waals surface area contributed by atoms with Crippen LogP contribution in [0.15, 0.2) is 28.7 Å². The minimum Gasteiger partial charge on any atom is -0.364 e. The SMILES string of the molecule is O=C(COCC(F)(F)F)c1ccccc1Br. The van der Waals surface area contributed by atoms with Crippen molar-refractivity contribution in [1.82, 2.24) is 0 Å². The zero-order valence-electron chi connectivity index (χ0n) is 8.05. The van der Waals surface area contributed by atoms with Gasteiger partial charge in [0.15, 0.2) is 5.78 Å². The number of alkyl halides is 3. The Balaban J connectivity index is 2.51. The number of hydrogen-bond donors (Lipinski definition) is 0. The second kappa shape index (κ2) is 5.45. The number of carbonyl (C=O) groups is 1. The maximum absolute atomic E-state index is 11.7. The second-order valence-corrected chi connectivity index (χ2v) is 3.87. The Hall–Kier alpha value is -0.880. The van der Waals surface area contributed by atoms with Crippen molar-refractivity contribution in [3.8, 4) is 0 Å². The number of Topliss-reactive ketones (excluding diaryl/α,β-unsaturated/α-hetero) is 1. The third-order valence-corrected chi connectivity index (χ3v) is 2.36. The molecule has 0 unspecified atom stereocenters. The molecule has 16 heavy (non-hydrogen) atoms. The Labute approximate surface area is 98.5 Å². The summed E-state index contributed by atoms with van der Waals surface area (Å²) in [5.41, 5.74) is 0.310. The first-order valence-electron chi connectivity index (χ1n) is 4.32. The lowest BCUT2D eigenvalue weighted by Crippen LogP contribution is -2.20. The highest BCUT2D eigenvalue weighted by Crippen LogP contribution is 2.18. The molecule has 0 saturated heterocycles. The molecule has 0 atom stereocenters. The molecular weight excluding hydrogens is 289 g/mol. The van der Waals surface area contributed by atoms with E-state index in [1.54, 1.807) is 18.2 Å². The number of rotatable bonds is 4. The molecule has 88 valence electrons. The predicted octanol–water partition coefficient (Wildman–Crippen LogP) is 3.21. The molecule has 0 amide bonds. The van der Waals surface area contributed by atoms with E-state index in [0.29, 0.717) is 10.0 Å². The molecule has 0 heterocycles. The second-order valence-electron chi connectivity index (χ2n) is 3.01. The van der Waals surface area contributed by atoms with Crippen molar-refractivity contribution in [2.75, 3.05) is 13.2 Å². The van der Waals surface area contributed by atoms with Crippen molar-refractivity contribution < 1.29 is 22.7 Å². The van der Waals surface area contributed by atoms with Crippen LogP contribution in [0.5, 0.6) is 0 Å². The Kier molecular flexibility index (Phi) is 4.49. The third-order valence-electron chi connectivity index (χ3n) is 1.67. The minimum absolute atomic E-state index is 0.310. The summed E-state index contributed by atoms with van der Waals surface area (Å²) in [4.78, 5) is 11.4. The molecule has 0 saturated carbocycles. The van der Waals surface area contributed by atoms with Crippen LogP contribution in [-0.4, -0.2) is 25.2 Å². The van der Waals surface area contributed by atoms with Crippen molar-refractivity contribution in [2.45, 2.75) is 6.18 Å². The van der Waals surface area contributed by atoms with Gasteiger partial charge >= 0.3 is 6.18 Å². The molecule has 0 bridgehead atoms. The van der Waals surface area contributed by atoms with Gasteiger partial charge in [-0.05, 0) is 6.07 Å². The van der Waals surface area contributed by atoms with Crippen LogP contribution < -0.4 is 0 Å². The third kappa shape index (κ3) is 4.32. The fourth-order valence-corrected chi connectivity index (χ4v) is 1.53. The van der Waals surface area contributed by atoms with Gasteiger partial charge in [-0.1, -0.05) is 34.1 Å². The van der Waals surface area contributed by atoms with Gasteiger partial charge in [0.1, 0.15) is 13.2 Å². The van der Waals surface area contributed by atoms with Crippen LogP contribution >= 0.6 is 15.9 Å². The lowest BCUT2D eigenvalue weighted by molar-refractivity contribution is -0.170. The first-order valence-corrected chi connectivity index (χ1v) is 5.11. The molecule has 0 aliphatic heterocycles. The molecule has 0 radical (unpaired) electrons. The van der Waals surface area contributed by atoms with Crippen molar-refractivity contribution in [1.29, 1.82) is 0 Å². The smallest absolute Gasteiger partial charge is 0.364 e. The standard InChI is InChI=1S/C10H8BrF3O2/c11-8-4-2-1-3-7(8)9(15)5-16-6-10(12,13)14/h1-4H,5-6H2. The molecule has 2 nitrogen and oxygen atoms in total. The first-order chi connectivity index (χ1) is 7.40. The van der Waals surface area contributed by atoms with Crippen LogP contribution in [0.25, 0.3) is 0 Å². The van der Waals surface area contributed by atoms with E-state index in [4.69, 9.17) is 0 Å². The zero-order valence-corrected chi connectivity index (χ0v) is 9.64. The van der Waals surface area contributed by atoms with Crippen molar-refractivity contribution in [3.05, 3.63) is 34.3 Å². The molecule has 0 fully saturated rings. The highest BCUT2D eigenvalue weighted by molar-refractivity contribution is 9.10. The van der Waals surface area contributed by atoms with E-state index in [2.05, 4.69) is 20.7 Å². The van der Waals surface area contributed by atoms with E-state index in [1.165, 1.54) is 6.07 Å². The molecule has 1 aromatic carbocycles. The Morgan fingerprint density at radius 3 is 2.50 bits per heavy atom. The van der Waals surface area contributed by atoms with Gasteiger partial charge < -0.3 is 4.74 Å². The lowest BCUT2D eigenvalue weighted by atomic mass is 10.1. The topological polar surface area (TPSA) is 26.3 Å². The Morgan fingerprint density at radius 2 is 1.94 bits per heavy atom. The molecule has 1 aromatic rings. The van der Waals surface area contributed by atoms with Gasteiger partial charge in [0.05, 0.1) is 0 Å². The summed E-state index contributed by atoms with van der Waals surface area (Å²) in [5, 5.41) is 0. The number of carbonyl (C=O) groups excluding carboxylic acids is 1. The summed E-state index contributed by atoms with van der Waals surface area (Å²) in [7, 11) is 0. The van der Waals surface area contributed by atoms with Crippen LogP contribution in [0.3, 0.4) is 0 Å². The van der Waals surface area contributed by atoms with Crippen LogP contribution in [0.1, 0.15) is 10.4 Å². The normalized spacial score (nSPS) is 11.5. The van der Waals surface area contributed by atoms with Crippen molar-refractivity contribution in [2.24, 2.45) is 0 Å². The fourth-order valence-electron chi connectivity index (χ4n) is 1.02. The van der Waals surface area contributed by atoms with Gasteiger partial charge in [-0.15, -0.1) is 0 Å². The number of ether oxygens (including phenoxy) is 1. The number of ketones is 1. The van der Waals surface area contributed by atoms with Crippen LogP contribution in [0.4, 0.5) is 13.2 Å². The summed E-state index contributed by atoms with van der Waals surface area (Å²) in [6.07, 6.45) is -4.41. The number of benzene rings is 1. The van der Waals surface area contributed by atoms with E-state index in [9.17, 15) is 18.0 Å². The van der Waals surface area contributed by atoms with E-state index in [0.717, 1.165) is 0 Å². The van der Waals surface area contributed by atoms with Gasteiger partial charge in [-0.2, -0.15) is 13.2 Å². The van der Waals surface area contributed by atoms with Gasteiger partial charge in [-0.3, -0.25) is 4.79 Å². The van der Waals surface area contributed by atoms with E-state index >= 15 is 0 Å². The fraction of sp³-hybridized carbons (Fsp3) is 0.300. The maximum atomic E-state index is 11.7. The average molecular weight is 297 g/mol. The largest absolute Gasteiger partial charge is 0.411 e. The van der Waals surface area contributed by atoms with E-state index < -0.39 is 25.2 Å². The summed E-state index contributed by atoms with van der Waals surface area (Å²) >= 11 is 3.13. The summed E-state index contributed by atoms with van der Waals surface area (Å²) in [5.74, 6) is -0.489. The van der Waals surface area contributed by atoms with Gasteiger partial charge in [0.2, 0.25) is 0 Å². The lowest BCUT2D eigenvalue weighted by Gasteiger charge is -2.07. The summed E-state index contributed by atoms with van der Waals surface area (Å²) < 4.78 is 40.0. The predicted molar refractivity (Wildman–Crippen MR) is 55.3 cm³/mol. The van der Waals surface area contributed by atoms with E-state index in [1.807, 2.05) is 0 Å². The van der Waals surface area contributed by atoms with E-state index in [-0.39, 0.29) is 0 Å². The van der Waals surface area contributed by atoms with Crippen LogP contribution in [-0.2, 0) is 4.74 Å². The quantitative estimate of drug-likeness (QED) is 0.798. The monoisotopic (exact) mass is 296 g/mol. The zero-order chi connectivity index (χ0) is 12.2. The molecule has 0 aliphatic rings. The molecule has 0 aromatic heterocycles. The minimum atomic E-state index is -4.41. The first kappa shape index (κ1) is 13.2. The molecule has 1 rings (SSSR count). The number of hydrogen-bond acceptors (Lipinski definition) is 2. The molecule has 6 heteroatoms. The maximum Gasteiger partial charge on any atom is 0.411 e. The summed E-state index contributed by atoms with van der Waals surface area (Å²) in [6, 6.07) is 6.49. The highest BCUT2D eigenvalue weighted by Gasteiger charge is 2.27. The molecule has 0 spiro atoms. The van der Waals surface area contributed by atoms with Crippen LogP contribution in [0, 0.1) is 0 Å². The average Bonchev–Trinajstić information content (AvgIpc) is 2.16. The molecule has 0 aliphatic carbocycles. The van der Waals surface area contributed by atoms with Crippen molar-refractivity contribution in [3.63, 3.8) is 0 Å². The summed E-state index contributed by atoms with van der Waals surface area (Å²) in [6.45, 7) is -1.99. The highest BCUT2D eigenvalue weighted by atomic mass is 79.9. The van der Waals surface area contributed by atoms with Gasteiger partial charge in [0, 0.05) is 10.0 Å². The Bertz CT molecular complexity index is 377. The molecular formula is C10H8BrF3O2. The van der Waals surface area contributed by atoms with Gasteiger partial charge in [-0.25, -0.2) is 0 Å². The molecule has 0 N–H and O–H groups in total.